The molecule has 1 amide bonds. The van der Waals surface area contributed by atoms with E-state index in [9.17, 15) is 4.79 Å². The molecule has 0 saturated carbocycles. The highest BCUT2D eigenvalue weighted by Gasteiger charge is 2.33. The van der Waals surface area contributed by atoms with E-state index in [4.69, 9.17) is 4.74 Å². The van der Waals surface area contributed by atoms with Crippen molar-refractivity contribution in [1.82, 2.24) is 0 Å². The van der Waals surface area contributed by atoms with Crippen molar-refractivity contribution >= 4 is 11.8 Å². The molecule has 4 heteroatoms. The van der Waals surface area contributed by atoms with Crippen LogP contribution in [0.5, 0.6) is 0 Å². The number of para-hydroxylation sites is 1. The fourth-order valence-electron chi connectivity index (χ4n) is 4.95. The van der Waals surface area contributed by atoms with E-state index in [2.05, 4.69) is 62.4 Å². The van der Waals surface area contributed by atoms with Crippen LogP contribution in [0.2, 0.25) is 0 Å². The number of benzene rings is 2. The van der Waals surface area contributed by atoms with E-state index in [1.165, 1.54) is 44.3 Å². The molecule has 1 heterocycles. The van der Waals surface area contributed by atoms with Gasteiger partial charge >= 0.3 is 6.09 Å². The van der Waals surface area contributed by atoms with Gasteiger partial charge in [0.05, 0.1) is 31.9 Å². The van der Waals surface area contributed by atoms with Crippen molar-refractivity contribution in [3.63, 3.8) is 0 Å². The fraction of sp³-hybridized carbons (Fsp3) is 0.536. The van der Waals surface area contributed by atoms with Crippen molar-refractivity contribution in [3.05, 3.63) is 65.2 Å². The minimum Gasteiger partial charge on any atom is -0.443 e. The Morgan fingerprint density at radius 1 is 0.906 bits per heavy atom. The molecule has 0 aromatic heterocycles. The van der Waals surface area contributed by atoms with Crippen LogP contribution in [0.15, 0.2) is 48.5 Å². The van der Waals surface area contributed by atoms with E-state index in [0.29, 0.717) is 6.54 Å². The minimum atomic E-state index is -0.523. The fourth-order valence-corrected chi connectivity index (χ4v) is 4.95. The van der Waals surface area contributed by atoms with E-state index < -0.39 is 5.60 Å². The van der Waals surface area contributed by atoms with Gasteiger partial charge in [0.2, 0.25) is 0 Å². The van der Waals surface area contributed by atoms with Crippen molar-refractivity contribution in [2.24, 2.45) is 0 Å². The first-order valence-electron chi connectivity index (χ1n) is 12.1. The Labute approximate surface area is 194 Å². The van der Waals surface area contributed by atoms with E-state index in [-0.39, 0.29) is 6.09 Å². The Hall–Kier alpha value is -2.33. The predicted octanol–water partition coefficient (Wildman–Crippen LogP) is 6.64. The van der Waals surface area contributed by atoms with Crippen molar-refractivity contribution in [2.45, 2.75) is 72.4 Å². The number of hydrogen-bond donors (Lipinski definition) is 0. The quantitative estimate of drug-likeness (QED) is 0.474. The second kappa shape index (κ2) is 10.5. The molecule has 2 aromatic carbocycles. The second-order valence-electron chi connectivity index (χ2n) is 10.4. The number of amides is 1. The molecule has 4 nitrogen and oxygen atoms in total. The minimum absolute atomic E-state index is 0.248. The lowest BCUT2D eigenvalue weighted by Gasteiger charge is -2.40. The molecular formula is C28H41N2O2+. The molecular weight excluding hydrogens is 396 g/mol. The predicted molar refractivity (Wildman–Crippen MR) is 133 cm³/mol. The number of rotatable bonds is 6. The van der Waals surface area contributed by atoms with Gasteiger partial charge in [0.15, 0.2) is 0 Å². The maximum Gasteiger partial charge on any atom is 0.415 e. The molecule has 0 N–H and O–H groups in total. The van der Waals surface area contributed by atoms with Gasteiger partial charge in [0, 0.05) is 5.56 Å². The zero-order chi connectivity index (χ0) is 23.2. The summed E-state index contributed by atoms with van der Waals surface area (Å²) in [6.07, 6.45) is 4.87. The average molecular weight is 438 g/mol. The Kier molecular flexibility index (Phi) is 8.00. The summed E-state index contributed by atoms with van der Waals surface area (Å²) in [6.45, 7) is 14.9. The highest BCUT2D eigenvalue weighted by atomic mass is 16.6. The number of ether oxygens (including phenoxy) is 1. The summed E-state index contributed by atoms with van der Waals surface area (Å²) < 4.78 is 6.90. The number of quaternary nitrogens is 1. The standard InChI is InChI=1S/C28H41N2O2/c1-23-14-13-15-24(2)26(23)29(27(31)32-28(3,4)5)18-21-30(19-11-6-7-12-20-30)22-25-16-9-8-10-17-25/h8-10,13-17H,6-7,11-12,18-22H2,1-5H3/q+1. The third kappa shape index (κ3) is 6.59. The molecule has 0 atom stereocenters. The number of likely N-dealkylation sites (tertiary alicyclic amines) is 1. The first-order valence-corrected chi connectivity index (χ1v) is 12.1. The van der Waals surface area contributed by atoms with E-state index in [0.717, 1.165) is 34.4 Å². The molecule has 0 bridgehead atoms. The molecule has 3 rings (SSSR count). The Balaban J connectivity index is 1.89. The monoisotopic (exact) mass is 437 g/mol. The normalized spacial score (nSPS) is 16.3. The smallest absolute Gasteiger partial charge is 0.415 e. The summed E-state index contributed by atoms with van der Waals surface area (Å²) in [5.41, 5.74) is 4.08. The van der Waals surface area contributed by atoms with Gasteiger partial charge in [-0.2, -0.15) is 0 Å². The van der Waals surface area contributed by atoms with E-state index in [1.54, 1.807) is 0 Å². The Morgan fingerprint density at radius 3 is 2.06 bits per heavy atom. The molecule has 0 aliphatic carbocycles. The number of nitrogens with zero attached hydrogens (tertiary/aromatic N) is 2. The van der Waals surface area contributed by atoms with Gasteiger partial charge in [-0.05, 0) is 71.4 Å². The van der Waals surface area contributed by atoms with Crippen LogP contribution in [-0.2, 0) is 11.3 Å². The number of aryl methyl sites for hydroxylation is 2. The van der Waals surface area contributed by atoms with Gasteiger partial charge in [-0.1, -0.05) is 48.5 Å². The summed E-state index contributed by atoms with van der Waals surface area (Å²) in [5, 5.41) is 0. The van der Waals surface area contributed by atoms with Gasteiger partial charge in [-0.25, -0.2) is 4.79 Å². The molecule has 1 saturated heterocycles. The van der Waals surface area contributed by atoms with Crippen molar-refractivity contribution < 1.29 is 14.0 Å². The average Bonchev–Trinajstić information content (AvgIpc) is 2.95. The first-order chi connectivity index (χ1) is 15.2. The molecule has 32 heavy (non-hydrogen) atoms. The van der Waals surface area contributed by atoms with Crippen LogP contribution in [0.4, 0.5) is 10.5 Å². The van der Waals surface area contributed by atoms with Crippen LogP contribution in [-0.4, -0.2) is 42.4 Å². The molecule has 0 unspecified atom stereocenters. The van der Waals surface area contributed by atoms with Crippen molar-refractivity contribution in [3.8, 4) is 0 Å². The molecule has 1 aliphatic heterocycles. The second-order valence-corrected chi connectivity index (χ2v) is 10.4. The summed E-state index contributed by atoms with van der Waals surface area (Å²) in [6, 6.07) is 17.0. The highest BCUT2D eigenvalue weighted by Crippen LogP contribution is 2.28. The van der Waals surface area contributed by atoms with Crippen LogP contribution in [0.25, 0.3) is 0 Å². The summed E-state index contributed by atoms with van der Waals surface area (Å²) in [4.78, 5) is 15.3. The summed E-state index contributed by atoms with van der Waals surface area (Å²) >= 11 is 0. The summed E-state index contributed by atoms with van der Waals surface area (Å²) in [7, 11) is 0. The molecule has 1 fully saturated rings. The van der Waals surface area contributed by atoms with Crippen LogP contribution < -0.4 is 4.90 Å². The number of anilines is 1. The third-order valence-electron chi connectivity index (χ3n) is 6.50. The Morgan fingerprint density at radius 2 is 1.50 bits per heavy atom. The zero-order valence-electron chi connectivity index (χ0n) is 20.7. The topological polar surface area (TPSA) is 29.5 Å². The van der Waals surface area contributed by atoms with Gasteiger partial charge < -0.3 is 9.22 Å². The number of hydrogen-bond acceptors (Lipinski definition) is 2. The molecule has 174 valence electrons. The van der Waals surface area contributed by atoms with Crippen molar-refractivity contribution in [2.75, 3.05) is 31.1 Å². The van der Waals surface area contributed by atoms with E-state index in [1.807, 2.05) is 25.7 Å². The molecule has 0 radical (unpaired) electrons. The first kappa shape index (κ1) is 24.3. The van der Waals surface area contributed by atoms with Gasteiger partial charge in [-0.3, -0.25) is 4.90 Å². The van der Waals surface area contributed by atoms with Crippen molar-refractivity contribution in [1.29, 1.82) is 0 Å². The zero-order valence-corrected chi connectivity index (χ0v) is 20.7. The number of carbonyl (C=O) groups excluding carboxylic acids is 1. The highest BCUT2D eigenvalue weighted by molar-refractivity contribution is 5.90. The van der Waals surface area contributed by atoms with Gasteiger partial charge in [0.25, 0.3) is 0 Å². The van der Waals surface area contributed by atoms with E-state index >= 15 is 0 Å². The van der Waals surface area contributed by atoms with Crippen LogP contribution in [0.1, 0.15) is 63.1 Å². The van der Waals surface area contributed by atoms with Gasteiger partial charge in [-0.15, -0.1) is 0 Å². The molecule has 0 spiro atoms. The Bertz CT molecular complexity index is 858. The van der Waals surface area contributed by atoms with Crippen LogP contribution >= 0.6 is 0 Å². The molecule has 1 aliphatic rings. The van der Waals surface area contributed by atoms with Gasteiger partial charge in [0.1, 0.15) is 12.1 Å². The maximum atomic E-state index is 13.4. The van der Waals surface area contributed by atoms with Crippen LogP contribution in [0.3, 0.4) is 0 Å². The summed E-state index contributed by atoms with van der Waals surface area (Å²) in [5.74, 6) is 0. The lowest BCUT2D eigenvalue weighted by Crippen LogP contribution is -2.53. The maximum absolute atomic E-state index is 13.4. The lowest BCUT2D eigenvalue weighted by atomic mass is 10.1. The third-order valence-corrected chi connectivity index (χ3v) is 6.50. The lowest BCUT2D eigenvalue weighted by molar-refractivity contribution is -0.938. The van der Waals surface area contributed by atoms with Crippen LogP contribution in [0, 0.1) is 13.8 Å². The largest absolute Gasteiger partial charge is 0.443 e. The SMILES string of the molecule is Cc1cccc(C)c1N(CC[N+]1(Cc2ccccc2)CCCCCC1)C(=O)OC(C)(C)C. The number of carbonyl (C=O) groups is 1. The molecule has 2 aromatic rings.